The lowest BCUT2D eigenvalue weighted by molar-refractivity contribution is 0.442. The molecule has 0 nitrogen and oxygen atoms in total. The van der Waals surface area contributed by atoms with Gasteiger partial charge in [0.2, 0.25) is 0 Å². The molecule has 0 bridgehead atoms. The minimum Gasteiger partial charge on any atom is -0.0883 e. The van der Waals surface area contributed by atoms with Crippen molar-refractivity contribution >= 4 is 0 Å². The van der Waals surface area contributed by atoms with Crippen LogP contribution in [0.4, 0.5) is 0 Å². The van der Waals surface area contributed by atoms with E-state index in [-0.39, 0.29) is 0 Å². The first-order valence-electron chi connectivity index (χ1n) is 5.67. The topological polar surface area (TPSA) is 0 Å². The molecule has 0 aliphatic carbocycles. The van der Waals surface area contributed by atoms with E-state index in [1.165, 1.54) is 19.3 Å². The van der Waals surface area contributed by atoms with Crippen molar-refractivity contribution < 1.29 is 0 Å². The van der Waals surface area contributed by atoms with Crippen molar-refractivity contribution in [2.75, 3.05) is 0 Å². The van der Waals surface area contributed by atoms with Gasteiger partial charge in [-0.3, -0.25) is 0 Å². The lowest BCUT2D eigenvalue weighted by Crippen LogP contribution is -1.98. The molecule has 0 spiro atoms. The SMILES string of the molecule is CC(C)CC=CCC(C)CC(C)C. The quantitative estimate of drug-likeness (QED) is 0.524. The molecule has 0 amide bonds. The molecule has 0 aliphatic rings. The van der Waals surface area contributed by atoms with Crippen LogP contribution >= 0.6 is 0 Å². The molecule has 0 heterocycles. The van der Waals surface area contributed by atoms with Crippen LogP contribution in [-0.2, 0) is 0 Å². The molecule has 0 fully saturated rings. The largest absolute Gasteiger partial charge is 0.0883 e. The van der Waals surface area contributed by atoms with E-state index in [9.17, 15) is 0 Å². The van der Waals surface area contributed by atoms with Crippen LogP contribution in [0.1, 0.15) is 53.9 Å². The van der Waals surface area contributed by atoms with Gasteiger partial charge in [0.25, 0.3) is 0 Å². The van der Waals surface area contributed by atoms with Gasteiger partial charge in [-0.05, 0) is 37.0 Å². The summed E-state index contributed by atoms with van der Waals surface area (Å²) in [6.07, 6.45) is 8.53. The van der Waals surface area contributed by atoms with Crippen molar-refractivity contribution in [1.29, 1.82) is 0 Å². The highest BCUT2D eigenvalue weighted by Crippen LogP contribution is 2.15. The van der Waals surface area contributed by atoms with E-state index in [1.807, 2.05) is 0 Å². The second-order valence-electron chi connectivity index (χ2n) is 5.07. The third kappa shape index (κ3) is 9.66. The number of hydrogen-bond donors (Lipinski definition) is 0. The normalized spacial score (nSPS) is 14.7. The van der Waals surface area contributed by atoms with Crippen LogP contribution in [0.5, 0.6) is 0 Å². The highest BCUT2D eigenvalue weighted by molar-refractivity contribution is 4.84. The molecule has 0 aromatic heterocycles. The number of rotatable bonds is 6. The average Bonchev–Trinajstić information content (AvgIpc) is 1.96. The fourth-order valence-corrected chi connectivity index (χ4v) is 1.60. The first-order valence-corrected chi connectivity index (χ1v) is 5.67. The van der Waals surface area contributed by atoms with E-state index in [0.29, 0.717) is 0 Å². The summed E-state index contributed by atoms with van der Waals surface area (Å²) >= 11 is 0. The molecule has 0 saturated carbocycles. The van der Waals surface area contributed by atoms with E-state index in [4.69, 9.17) is 0 Å². The maximum Gasteiger partial charge on any atom is -0.0325 e. The van der Waals surface area contributed by atoms with Crippen LogP contribution < -0.4 is 0 Å². The van der Waals surface area contributed by atoms with E-state index in [0.717, 1.165) is 17.8 Å². The van der Waals surface area contributed by atoms with Gasteiger partial charge in [-0.2, -0.15) is 0 Å². The van der Waals surface area contributed by atoms with Crippen molar-refractivity contribution in [2.24, 2.45) is 17.8 Å². The van der Waals surface area contributed by atoms with E-state index in [2.05, 4.69) is 46.8 Å². The molecule has 0 saturated heterocycles. The Morgan fingerprint density at radius 1 is 0.769 bits per heavy atom. The Bertz CT molecular complexity index is 131. The third-order valence-corrected chi connectivity index (χ3v) is 2.19. The van der Waals surface area contributed by atoms with Gasteiger partial charge < -0.3 is 0 Å². The fraction of sp³-hybridized carbons (Fsp3) is 0.846. The second kappa shape index (κ2) is 7.17. The van der Waals surface area contributed by atoms with Gasteiger partial charge in [0.05, 0.1) is 0 Å². The highest BCUT2D eigenvalue weighted by Gasteiger charge is 2.02. The summed E-state index contributed by atoms with van der Waals surface area (Å²) in [5, 5.41) is 0. The van der Waals surface area contributed by atoms with Gasteiger partial charge in [0.15, 0.2) is 0 Å². The van der Waals surface area contributed by atoms with Crippen LogP contribution in [0, 0.1) is 17.8 Å². The predicted octanol–water partition coefficient (Wildman–Crippen LogP) is 4.66. The van der Waals surface area contributed by atoms with Crippen molar-refractivity contribution in [1.82, 2.24) is 0 Å². The molecule has 0 aromatic carbocycles. The maximum absolute atomic E-state index is 2.35. The Kier molecular flexibility index (Phi) is 7.03. The van der Waals surface area contributed by atoms with Crippen molar-refractivity contribution in [2.45, 2.75) is 53.9 Å². The van der Waals surface area contributed by atoms with Crippen molar-refractivity contribution in [3.05, 3.63) is 12.2 Å². The van der Waals surface area contributed by atoms with Gasteiger partial charge >= 0.3 is 0 Å². The maximum atomic E-state index is 2.35. The second-order valence-corrected chi connectivity index (χ2v) is 5.07. The standard InChI is InChI=1S/C13H26/c1-11(2)8-6-7-9-13(5)10-12(3)4/h6-7,11-13H,8-10H2,1-5H3. The first kappa shape index (κ1) is 12.7. The van der Waals surface area contributed by atoms with E-state index in [1.54, 1.807) is 0 Å². The summed E-state index contributed by atoms with van der Waals surface area (Å²) in [7, 11) is 0. The number of hydrogen-bond acceptors (Lipinski definition) is 0. The van der Waals surface area contributed by atoms with Crippen molar-refractivity contribution in [3.63, 3.8) is 0 Å². The van der Waals surface area contributed by atoms with Gasteiger partial charge in [-0.15, -0.1) is 0 Å². The zero-order chi connectivity index (χ0) is 10.3. The molecule has 1 atom stereocenters. The molecule has 78 valence electrons. The summed E-state index contributed by atoms with van der Waals surface area (Å²) in [6.45, 7) is 11.5. The zero-order valence-electron chi connectivity index (χ0n) is 10.0. The zero-order valence-corrected chi connectivity index (χ0v) is 10.0. The predicted molar refractivity (Wildman–Crippen MR) is 61.8 cm³/mol. The van der Waals surface area contributed by atoms with Crippen LogP contribution in [0.2, 0.25) is 0 Å². The molecule has 0 radical (unpaired) electrons. The molecular formula is C13H26. The van der Waals surface area contributed by atoms with Crippen molar-refractivity contribution in [3.8, 4) is 0 Å². The molecule has 0 rings (SSSR count). The molecular weight excluding hydrogens is 156 g/mol. The van der Waals surface area contributed by atoms with Gasteiger partial charge in [-0.1, -0.05) is 46.8 Å². The molecule has 0 N–H and O–H groups in total. The fourth-order valence-electron chi connectivity index (χ4n) is 1.60. The monoisotopic (exact) mass is 182 g/mol. The van der Waals surface area contributed by atoms with Gasteiger partial charge in [-0.25, -0.2) is 0 Å². The summed E-state index contributed by atoms with van der Waals surface area (Å²) in [5.41, 5.74) is 0. The minimum atomic E-state index is 0.802. The smallest absolute Gasteiger partial charge is 0.0325 e. The minimum absolute atomic E-state index is 0.802. The summed E-state index contributed by atoms with van der Waals surface area (Å²) in [4.78, 5) is 0. The third-order valence-electron chi connectivity index (χ3n) is 2.19. The lowest BCUT2D eigenvalue weighted by Gasteiger charge is -2.11. The van der Waals surface area contributed by atoms with Crippen LogP contribution in [0.15, 0.2) is 12.2 Å². The van der Waals surface area contributed by atoms with Crippen LogP contribution in [0.25, 0.3) is 0 Å². The van der Waals surface area contributed by atoms with Gasteiger partial charge in [0, 0.05) is 0 Å². The summed E-state index contributed by atoms with van der Waals surface area (Å²) < 4.78 is 0. The summed E-state index contributed by atoms with van der Waals surface area (Å²) in [5.74, 6) is 2.49. The molecule has 1 unspecified atom stereocenters. The number of allylic oxidation sites excluding steroid dienone is 2. The average molecular weight is 182 g/mol. The molecule has 0 aromatic rings. The Morgan fingerprint density at radius 2 is 1.31 bits per heavy atom. The van der Waals surface area contributed by atoms with Crippen LogP contribution in [0.3, 0.4) is 0 Å². The molecule has 0 heteroatoms. The van der Waals surface area contributed by atoms with Crippen LogP contribution in [-0.4, -0.2) is 0 Å². The molecule has 0 aliphatic heterocycles. The van der Waals surface area contributed by atoms with E-state index >= 15 is 0 Å². The first-order chi connectivity index (χ1) is 6.02. The Labute approximate surface area is 84.4 Å². The summed E-state index contributed by atoms with van der Waals surface area (Å²) in [6, 6.07) is 0. The Hall–Kier alpha value is -0.260. The highest BCUT2D eigenvalue weighted by atomic mass is 14.1. The molecule has 13 heavy (non-hydrogen) atoms. The van der Waals surface area contributed by atoms with Gasteiger partial charge in [0.1, 0.15) is 0 Å². The van der Waals surface area contributed by atoms with E-state index < -0.39 is 0 Å². The Morgan fingerprint density at radius 3 is 1.77 bits per heavy atom. The Balaban J connectivity index is 3.45. The lowest BCUT2D eigenvalue weighted by atomic mass is 9.95.